The van der Waals surface area contributed by atoms with Crippen LogP contribution in [0.25, 0.3) is 11.0 Å². The van der Waals surface area contributed by atoms with Crippen LogP contribution in [0.15, 0.2) is 30.3 Å². The molecule has 2 aromatic carbocycles. The fourth-order valence-electron chi connectivity index (χ4n) is 3.46. The topological polar surface area (TPSA) is 55.1 Å². The van der Waals surface area contributed by atoms with Crippen molar-refractivity contribution in [2.24, 2.45) is 0 Å². The normalized spacial score (nSPS) is 15.3. The predicted molar refractivity (Wildman–Crippen MR) is 106 cm³/mol. The first kappa shape index (κ1) is 19.0. The molecule has 146 valence electrons. The second-order valence-electron chi connectivity index (χ2n) is 6.72. The zero-order chi connectivity index (χ0) is 19.8. The highest BCUT2D eigenvalue weighted by Crippen LogP contribution is 2.23. The van der Waals surface area contributed by atoms with Crippen LogP contribution >= 0.6 is 23.8 Å². The Hall–Kier alpha value is -2.29. The van der Waals surface area contributed by atoms with E-state index in [0.717, 1.165) is 0 Å². The maximum absolute atomic E-state index is 14.0. The Labute approximate surface area is 169 Å². The quantitative estimate of drug-likeness (QED) is 0.624. The van der Waals surface area contributed by atoms with Gasteiger partial charge in [-0.3, -0.25) is 9.69 Å². The molecule has 3 aromatic rings. The van der Waals surface area contributed by atoms with Gasteiger partial charge in [0.15, 0.2) is 4.77 Å². The van der Waals surface area contributed by atoms with Crippen molar-refractivity contribution in [3.8, 4) is 0 Å². The van der Waals surface area contributed by atoms with Crippen molar-refractivity contribution >= 4 is 40.8 Å². The molecule has 5 nitrogen and oxygen atoms in total. The van der Waals surface area contributed by atoms with Gasteiger partial charge in [0.25, 0.3) is 5.91 Å². The molecule has 0 spiro atoms. The van der Waals surface area contributed by atoms with E-state index in [1.807, 2.05) is 4.90 Å². The van der Waals surface area contributed by atoms with Crippen molar-refractivity contribution in [2.75, 3.05) is 26.2 Å². The number of amides is 1. The van der Waals surface area contributed by atoms with Crippen LogP contribution in [0.5, 0.6) is 0 Å². The van der Waals surface area contributed by atoms with E-state index >= 15 is 0 Å². The molecular weight excluding hydrogens is 406 g/mol. The first-order valence-electron chi connectivity index (χ1n) is 8.78. The number of imidazole rings is 1. The Morgan fingerprint density at radius 3 is 2.61 bits per heavy atom. The van der Waals surface area contributed by atoms with Gasteiger partial charge in [-0.25, -0.2) is 8.78 Å². The largest absolute Gasteiger partial charge is 0.336 e. The molecule has 1 aliphatic heterocycles. The lowest BCUT2D eigenvalue weighted by molar-refractivity contribution is 0.0628. The van der Waals surface area contributed by atoms with E-state index in [-0.39, 0.29) is 17.3 Å². The molecule has 28 heavy (non-hydrogen) atoms. The number of hydrogen-bond acceptors (Lipinski definition) is 3. The standard InChI is InChI=1S/C19H17ClF2N4OS/c20-14-2-1-3-15(22)13(14)10-25-4-6-26(7-5-25)18(27)12-8-11(21)9-16-17(12)24-19(28)23-16/h1-3,8-9H,4-7,10H2,(H2,23,24,28). The highest BCUT2D eigenvalue weighted by atomic mass is 35.5. The number of H-pyrrole nitrogens is 2. The summed E-state index contributed by atoms with van der Waals surface area (Å²) in [5.41, 5.74) is 1.65. The van der Waals surface area contributed by atoms with E-state index in [0.29, 0.717) is 59.1 Å². The fourth-order valence-corrected chi connectivity index (χ4v) is 3.90. The Morgan fingerprint density at radius 1 is 1.14 bits per heavy atom. The summed E-state index contributed by atoms with van der Waals surface area (Å²) in [5.74, 6) is -1.11. The van der Waals surface area contributed by atoms with Gasteiger partial charge in [-0.15, -0.1) is 0 Å². The molecule has 0 aliphatic carbocycles. The molecule has 1 fully saturated rings. The second-order valence-corrected chi connectivity index (χ2v) is 7.54. The number of carbonyl (C=O) groups excluding carboxylic acids is 1. The molecule has 2 N–H and O–H groups in total. The highest BCUT2D eigenvalue weighted by molar-refractivity contribution is 7.71. The second kappa shape index (κ2) is 7.62. The van der Waals surface area contributed by atoms with Gasteiger partial charge in [0, 0.05) is 43.3 Å². The molecule has 1 aromatic heterocycles. The SMILES string of the molecule is O=C(c1cc(F)cc2[nH]c(=S)[nH]c12)N1CCN(Cc2c(F)cccc2Cl)CC1. The Morgan fingerprint density at radius 2 is 1.89 bits per heavy atom. The minimum Gasteiger partial charge on any atom is -0.336 e. The van der Waals surface area contributed by atoms with Crippen LogP contribution in [0.2, 0.25) is 5.02 Å². The lowest BCUT2D eigenvalue weighted by Gasteiger charge is -2.35. The summed E-state index contributed by atoms with van der Waals surface area (Å²) in [6.45, 7) is 2.42. The first-order valence-corrected chi connectivity index (χ1v) is 9.57. The van der Waals surface area contributed by atoms with Crippen LogP contribution in [0.4, 0.5) is 8.78 Å². The summed E-state index contributed by atoms with van der Waals surface area (Å²) in [7, 11) is 0. The number of aromatic nitrogens is 2. The van der Waals surface area contributed by atoms with Crippen LogP contribution in [0.3, 0.4) is 0 Å². The third-order valence-corrected chi connectivity index (χ3v) is 5.48. The van der Waals surface area contributed by atoms with Crippen molar-refractivity contribution in [2.45, 2.75) is 6.54 Å². The monoisotopic (exact) mass is 422 g/mol. The fraction of sp³-hybridized carbons (Fsp3) is 0.263. The van der Waals surface area contributed by atoms with Crippen LogP contribution in [-0.2, 0) is 6.54 Å². The summed E-state index contributed by atoms with van der Waals surface area (Å²) < 4.78 is 28.2. The molecule has 4 rings (SSSR count). The van der Waals surface area contributed by atoms with Gasteiger partial charge >= 0.3 is 0 Å². The Kier molecular flexibility index (Phi) is 5.18. The zero-order valence-corrected chi connectivity index (χ0v) is 16.3. The van der Waals surface area contributed by atoms with E-state index in [9.17, 15) is 13.6 Å². The van der Waals surface area contributed by atoms with E-state index in [2.05, 4.69) is 9.97 Å². The number of fused-ring (bicyclic) bond motifs is 1. The number of carbonyl (C=O) groups is 1. The summed E-state index contributed by atoms with van der Waals surface area (Å²) in [6, 6.07) is 7.14. The summed E-state index contributed by atoms with van der Waals surface area (Å²) >= 11 is 11.1. The Balaban J connectivity index is 1.48. The number of nitrogens with one attached hydrogen (secondary N) is 2. The van der Waals surface area contributed by atoms with Crippen molar-refractivity contribution in [1.29, 1.82) is 0 Å². The molecule has 1 amide bonds. The molecule has 0 bridgehead atoms. The summed E-state index contributed by atoms with van der Waals surface area (Å²) in [5, 5.41) is 0.392. The van der Waals surface area contributed by atoms with Crippen LogP contribution in [0.1, 0.15) is 15.9 Å². The molecule has 0 saturated carbocycles. The number of piperazine rings is 1. The Bertz CT molecular complexity index is 1080. The molecule has 0 atom stereocenters. The number of halogens is 3. The van der Waals surface area contributed by atoms with Crippen LogP contribution in [0, 0.1) is 16.4 Å². The summed E-state index contributed by atoms with van der Waals surface area (Å²) in [6.07, 6.45) is 0. The first-order chi connectivity index (χ1) is 13.4. The lowest BCUT2D eigenvalue weighted by Crippen LogP contribution is -2.48. The van der Waals surface area contributed by atoms with Gasteiger partial charge in [0.1, 0.15) is 11.6 Å². The lowest BCUT2D eigenvalue weighted by atomic mass is 10.1. The predicted octanol–water partition coefficient (Wildman–Crippen LogP) is 4.12. The van der Waals surface area contributed by atoms with Crippen molar-refractivity contribution in [3.63, 3.8) is 0 Å². The summed E-state index contributed by atoms with van der Waals surface area (Å²) in [4.78, 5) is 22.4. The van der Waals surface area contributed by atoms with Crippen molar-refractivity contribution < 1.29 is 13.6 Å². The van der Waals surface area contributed by atoms with Gasteiger partial charge in [-0.05, 0) is 36.5 Å². The van der Waals surface area contributed by atoms with Gasteiger partial charge in [-0.1, -0.05) is 17.7 Å². The number of aromatic amines is 2. The molecule has 2 heterocycles. The smallest absolute Gasteiger partial charge is 0.256 e. The third kappa shape index (κ3) is 3.67. The maximum Gasteiger partial charge on any atom is 0.256 e. The van der Waals surface area contributed by atoms with E-state index in [1.54, 1.807) is 17.0 Å². The number of nitrogens with zero attached hydrogens (tertiary/aromatic N) is 2. The molecule has 9 heteroatoms. The third-order valence-electron chi connectivity index (χ3n) is 4.92. The van der Waals surface area contributed by atoms with Gasteiger partial charge in [0.05, 0.1) is 16.6 Å². The average Bonchev–Trinajstić information content (AvgIpc) is 3.04. The molecule has 1 aliphatic rings. The van der Waals surface area contributed by atoms with Crippen LogP contribution in [-0.4, -0.2) is 51.9 Å². The van der Waals surface area contributed by atoms with Gasteiger partial charge in [-0.2, -0.15) is 0 Å². The zero-order valence-electron chi connectivity index (χ0n) is 14.8. The van der Waals surface area contributed by atoms with E-state index < -0.39 is 5.82 Å². The minimum absolute atomic E-state index is 0.243. The number of rotatable bonds is 3. The molecule has 1 saturated heterocycles. The highest BCUT2D eigenvalue weighted by Gasteiger charge is 2.25. The molecular formula is C19H17ClF2N4OS. The molecule has 0 unspecified atom stereocenters. The minimum atomic E-state index is -0.506. The van der Waals surface area contributed by atoms with Crippen molar-refractivity contribution in [3.05, 3.63) is 62.9 Å². The average molecular weight is 423 g/mol. The molecule has 0 radical (unpaired) electrons. The van der Waals surface area contributed by atoms with Crippen LogP contribution < -0.4 is 0 Å². The number of hydrogen-bond donors (Lipinski definition) is 2. The number of benzene rings is 2. The van der Waals surface area contributed by atoms with Crippen molar-refractivity contribution in [1.82, 2.24) is 19.8 Å². The van der Waals surface area contributed by atoms with Gasteiger partial charge < -0.3 is 14.9 Å². The maximum atomic E-state index is 14.0. The van der Waals surface area contributed by atoms with E-state index in [1.165, 1.54) is 18.2 Å². The van der Waals surface area contributed by atoms with Gasteiger partial charge in [0.2, 0.25) is 0 Å². The van der Waals surface area contributed by atoms with E-state index in [4.69, 9.17) is 23.8 Å².